The second-order valence-corrected chi connectivity index (χ2v) is 7.46. The zero-order valence-corrected chi connectivity index (χ0v) is 14.9. The number of piperidine rings is 1. The largest absolute Gasteiger partial charge is 0.444 e. The third-order valence-corrected chi connectivity index (χ3v) is 4.28. The number of likely N-dealkylation sites (tertiary alicyclic amines) is 1. The van der Waals surface area contributed by atoms with Crippen LogP contribution in [0.25, 0.3) is 0 Å². The average molecular weight is 329 g/mol. The van der Waals surface area contributed by atoms with Crippen LogP contribution < -0.4 is 0 Å². The average Bonchev–Trinajstić information content (AvgIpc) is 2.54. The van der Waals surface area contributed by atoms with Gasteiger partial charge in [0.15, 0.2) is 0 Å². The van der Waals surface area contributed by atoms with Crippen LogP contribution in [-0.4, -0.2) is 34.7 Å². The molecular formula is C19H27N3O2. The number of hydrogen-bond donors (Lipinski definition) is 0. The minimum atomic E-state index is -0.430. The number of hydrogen-bond acceptors (Lipinski definition) is 4. The molecule has 5 nitrogen and oxygen atoms in total. The first-order valence-corrected chi connectivity index (χ1v) is 8.70. The highest BCUT2D eigenvalue weighted by Gasteiger charge is 2.26. The Hall–Kier alpha value is -2.09. The number of nitriles is 1. The van der Waals surface area contributed by atoms with E-state index in [2.05, 4.69) is 11.1 Å². The van der Waals surface area contributed by atoms with E-state index in [0.717, 1.165) is 45.2 Å². The van der Waals surface area contributed by atoms with Gasteiger partial charge >= 0.3 is 6.09 Å². The lowest BCUT2D eigenvalue weighted by atomic mass is 9.91. The molecule has 2 heterocycles. The van der Waals surface area contributed by atoms with Crippen LogP contribution in [0, 0.1) is 17.2 Å². The smallest absolute Gasteiger partial charge is 0.410 e. The molecule has 0 N–H and O–H groups in total. The number of aromatic nitrogens is 1. The van der Waals surface area contributed by atoms with Gasteiger partial charge in [-0.1, -0.05) is 0 Å². The first kappa shape index (κ1) is 18.3. The Kier molecular flexibility index (Phi) is 6.19. The van der Waals surface area contributed by atoms with Crippen molar-refractivity contribution in [2.24, 2.45) is 5.92 Å². The fourth-order valence-corrected chi connectivity index (χ4v) is 3.02. The summed E-state index contributed by atoms with van der Waals surface area (Å²) in [7, 11) is 0. The number of nitrogens with zero attached hydrogens (tertiary/aromatic N) is 3. The minimum absolute atomic E-state index is 0.193. The van der Waals surface area contributed by atoms with Gasteiger partial charge in [0, 0.05) is 19.3 Å². The lowest BCUT2D eigenvalue weighted by Crippen LogP contribution is -2.41. The number of ether oxygens (including phenoxy) is 1. The summed E-state index contributed by atoms with van der Waals surface area (Å²) in [6.07, 6.45) is 6.83. The predicted octanol–water partition coefficient (Wildman–Crippen LogP) is 3.92. The molecule has 24 heavy (non-hydrogen) atoms. The second kappa shape index (κ2) is 8.14. The van der Waals surface area contributed by atoms with E-state index in [4.69, 9.17) is 10.00 Å². The van der Waals surface area contributed by atoms with Crippen molar-refractivity contribution in [3.63, 3.8) is 0 Å². The molecule has 0 radical (unpaired) electrons. The number of carbonyl (C=O) groups is 1. The molecule has 1 amide bonds. The van der Waals surface area contributed by atoms with Crippen molar-refractivity contribution in [2.75, 3.05) is 13.1 Å². The van der Waals surface area contributed by atoms with Gasteiger partial charge in [0.1, 0.15) is 17.4 Å². The molecule has 5 heteroatoms. The number of carbonyl (C=O) groups excluding carboxylic acids is 1. The van der Waals surface area contributed by atoms with Gasteiger partial charge in [0.2, 0.25) is 0 Å². The summed E-state index contributed by atoms with van der Waals surface area (Å²) >= 11 is 0. The van der Waals surface area contributed by atoms with E-state index < -0.39 is 5.60 Å². The Balaban J connectivity index is 1.70. The minimum Gasteiger partial charge on any atom is -0.444 e. The molecule has 0 unspecified atom stereocenters. The van der Waals surface area contributed by atoms with E-state index in [0.29, 0.717) is 11.6 Å². The fraction of sp³-hybridized carbons (Fsp3) is 0.632. The molecule has 0 saturated carbocycles. The Morgan fingerprint density at radius 3 is 2.75 bits per heavy atom. The van der Waals surface area contributed by atoms with Crippen LogP contribution >= 0.6 is 0 Å². The van der Waals surface area contributed by atoms with Crippen LogP contribution in [0.5, 0.6) is 0 Å². The summed E-state index contributed by atoms with van der Waals surface area (Å²) < 4.78 is 5.43. The van der Waals surface area contributed by atoms with Gasteiger partial charge in [-0.15, -0.1) is 0 Å². The lowest BCUT2D eigenvalue weighted by molar-refractivity contribution is 0.0180. The summed E-state index contributed by atoms with van der Waals surface area (Å²) in [5.74, 6) is 0.668. The molecule has 1 saturated heterocycles. The standard InChI is InChI=1S/C19H27N3O2/c1-19(2,3)24-18(23)22-11-8-15(9-12-22)5-4-6-16-7-10-21-17(13-16)14-20/h7,10,13,15H,4-6,8-9,11-12H2,1-3H3. The van der Waals surface area contributed by atoms with Gasteiger partial charge in [0.25, 0.3) is 0 Å². The van der Waals surface area contributed by atoms with Crippen molar-refractivity contribution in [2.45, 2.75) is 58.5 Å². The Labute approximate surface area is 144 Å². The third kappa shape index (κ3) is 5.84. The molecule has 0 aromatic carbocycles. The molecule has 0 atom stereocenters. The van der Waals surface area contributed by atoms with E-state index in [-0.39, 0.29) is 6.09 Å². The van der Waals surface area contributed by atoms with Gasteiger partial charge in [-0.25, -0.2) is 9.78 Å². The van der Waals surface area contributed by atoms with Crippen LogP contribution in [0.3, 0.4) is 0 Å². The van der Waals surface area contributed by atoms with Crippen molar-refractivity contribution < 1.29 is 9.53 Å². The topological polar surface area (TPSA) is 66.2 Å². The zero-order valence-electron chi connectivity index (χ0n) is 14.9. The number of pyridine rings is 1. The summed E-state index contributed by atoms with van der Waals surface area (Å²) in [6, 6.07) is 5.92. The fourth-order valence-electron chi connectivity index (χ4n) is 3.02. The predicted molar refractivity (Wildman–Crippen MR) is 92.4 cm³/mol. The zero-order chi connectivity index (χ0) is 17.6. The van der Waals surface area contributed by atoms with Gasteiger partial charge in [-0.2, -0.15) is 5.26 Å². The Bertz CT molecular complexity index is 593. The van der Waals surface area contributed by atoms with Gasteiger partial charge < -0.3 is 9.64 Å². The SMILES string of the molecule is CC(C)(C)OC(=O)N1CCC(CCCc2ccnc(C#N)c2)CC1. The van der Waals surface area contributed by atoms with E-state index in [1.54, 1.807) is 6.20 Å². The molecule has 0 aliphatic carbocycles. The van der Waals surface area contributed by atoms with Crippen molar-refractivity contribution in [3.8, 4) is 6.07 Å². The highest BCUT2D eigenvalue weighted by molar-refractivity contribution is 5.68. The summed E-state index contributed by atoms with van der Waals surface area (Å²) in [6.45, 7) is 7.26. The van der Waals surface area contributed by atoms with Gasteiger partial charge in [0.05, 0.1) is 0 Å². The third-order valence-electron chi connectivity index (χ3n) is 4.28. The molecule has 1 fully saturated rings. The lowest BCUT2D eigenvalue weighted by Gasteiger charge is -2.33. The van der Waals surface area contributed by atoms with E-state index in [1.165, 1.54) is 5.56 Å². The maximum Gasteiger partial charge on any atom is 0.410 e. The highest BCUT2D eigenvalue weighted by atomic mass is 16.6. The number of amides is 1. The molecular weight excluding hydrogens is 302 g/mol. The van der Waals surface area contributed by atoms with Crippen LogP contribution in [0.15, 0.2) is 18.3 Å². The van der Waals surface area contributed by atoms with Crippen LogP contribution in [-0.2, 0) is 11.2 Å². The Morgan fingerprint density at radius 1 is 1.42 bits per heavy atom. The maximum atomic E-state index is 12.1. The molecule has 1 aromatic rings. The van der Waals surface area contributed by atoms with Gasteiger partial charge in [-0.05, 0) is 76.5 Å². The molecule has 1 aliphatic rings. The van der Waals surface area contributed by atoms with E-state index in [9.17, 15) is 4.79 Å². The van der Waals surface area contributed by atoms with Gasteiger partial charge in [-0.3, -0.25) is 0 Å². The molecule has 1 aromatic heterocycles. The first-order valence-electron chi connectivity index (χ1n) is 8.70. The summed E-state index contributed by atoms with van der Waals surface area (Å²) in [5.41, 5.74) is 1.23. The first-order chi connectivity index (χ1) is 11.4. The summed E-state index contributed by atoms with van der Waals surface area (Å²) in [5, 5.41) is 8.88. The quantitative estimate of drug-likeness (QED) is 0.839. The molecule has 0 spiro atoms. The van der Waals surface area contributed by atoms with Crippen molar-refractivity contribution in [3.05, 3.63) is 29.6 Å². The van der Waals surface area contributed by atoms with E-state index in [1.807, 2.05) is 37.8 Å². The maximum absolute atomic E-state index is 12.1. The van der Waals surface area contributed by atoms with Crippen LogP contribution in [0.1, 0.15) is 57.7 Å². The summed E-state index contributed by atoms with van der Waals surface area (Å²) in [4.78, 5) is 17.9. The second-order valence-electron chi connectivity index (χ2n) is 7.46. The van der Waals surface area contributed by atoms with Crippen LogP contribution in [0.4, 0.5) is 4.79 Å². The van der Waals surface area contributed by atoms with Crippen molar-refractivity contribution in [1.82, 2.24) is 9.88 Å². The highest BCUT2D eigenvalue weighted by Crippen LogP contribution is 2.24. The molecule has 1 aliphatic heterocycles. The number of aryl methyl sites for hydroxylation is 1. The number of rotatable bonds is 4. The monoisotopic (exact) mass is 329 g/mol. The van der Waals surface area contributed by atoms with Crippen molar-refractivity contribution >= 4 is 6.09 Å². The van der Waals surface area contributed by atoms with Crippen molar-refractivity contribution in [1.29, 1.82) is 5.26 Å². The normalized spacial score (nSPS) is 15.8. The molecule has 2 rings (SSSR count). The molecule has 0 bridgehead atoms. The Morgan fingerprint density at radius 2 is 2.12 bits per heavy atom. The van der Waals surface area contributed by atoms with E-state index >= 15 is 0 Å². The molecule has 130 valence electrons. The van der Waals surface area contributed by atoms with Crippen LogP contribution in [0.2, 0.25) is 0 Å².